The Morgan fingerprint density at radius 1 is 1.53 bits per heavy atom. The van der Waals surface area contributed by atoms with Crippen molar-refractivity contribution in [2.75, 3.05) is 19.7 Å². The lowest BCUT2D eigenvalue weighted by atomic mass is 9.99. The fraction of sp³-hybridized carbons (Fsp3) is 0.750. The van der Waals surface area contributed by atoms with E-state index in [1.807, 2.05) is 6.92 Å². The van der Waals surface area contributed by atoms with Crippen LogP contribution in [0.5, 0.6) is 0 Å². The van der Waals surface area contributed by atoms with Crippen LogP contribution in [0.2, 0.25) is 0 Å². The highest BCUT2D eigenvalue weighted by Crippen LogP contribution is 2.25. The van der Waals surface area contributed by atoms with Crippen LogP contribution in [0.1, 0.15) is 24.9 Å². The molecule has 1 aromatic heterocycles. The summed E-state index contributed by atoms with van der Waals surface area (Å²) >= 11 is 0. The van der Waals surface area contributed by atoms with Crippen molar-refractivity contribution in [2.45, 2.75) is 31.9 Å². The van der Waals surface area contributed by atoms with E-state index in [2.05, 4.69) is 5.10 Å². The molecule has 0 aliphatic heterocycles. The molecule has 110 valence electrons. The van der Waals surface area contributed by atoms with Gasteiger partial charge >= 0.3 is 0 Å². The molecule has 0 radical (unpaired) electrons. The smallest absolute Gasteiger partial charge is 0.251 e. The standard InChI is InChI=1S/C12H22F2N4O/c1-3-10(15)12(9-6-16-17(2)7-9)18(4-5-19)8-11(13)14/h6-7,10-12,19H,3-5,8,15H2,1-2H3. The monoisotopic (exact) mass is 276 g/mol. The molecule has 0 saturated carbocycles. The molecule has 0 bridgehead atoms. The van der Waals surface area contributed by atoms with Crippen molar-refractivity contribution in [1.29, 1.82) is 0 Å². The third kappa shape index (κ3) is 4.52. The first-order valence-corrected chi connectivity index (χ1v) is 6.36. The average molecular weight is 276 g/mol. The first kappa shape index (κ1) is 16.0. The third-order valence-electron chi connectivity index (χ3n) is 3.10. The summed E-state index contributed by atoms with van der Waals surface area (Å²) in [6.07, 6.45) is 1.60. The van der Waals surface area contributed by atoms with E-state index in [4.69, 9.17) is 10.8 Å². The van der Waals surface area contributed by atoms with Gasteiger partial charge in [-0.2, -0.15) is 5.10 Å². The first-order chi connectivity index (χ1) is 8.99. The predicted molar refractivity (Wildman–Crippen MR) is 68.9 cm³/mol. The van der Waals surface area contributed by atoms with E-state index in [9.17, 15) is 8.78 Å². The average Bonchev–Trinajstić information content (AvgIpc) is 2.75. The number of aromatic nitrogens is 2. The molecule has 2 atom stereocenters. The predicted octanol–water partition coefficient (Wildman–Crippen LogP) is 0.758. The van der Waals surface area contributed by atoms with Crippen molar-refractivity contribution < 1.29 is 13.9 Å². The van der Waals surface area contributed by atoms with Crippen LogP contribution in [0.15, 0.2) is 12.4 Å². The van der Waals surface area contributed by atoms with Gasteiger partial charge in [-0.15, -0.1) is 0 Å². The Bertz CT molecular complexity index is 372. The Balaban J connectivity index is 2.98. The van der Waals surface area contributed by atoms with E-state index in [1.165, 1.54) is 4.90 Å². The quantitative estimate of drug-likeness (QED) is 0.735. The molecule has 0 fully saturated rings. The molecule has 0 spiro atoms. The molecule has 0 aliphatic carbocycles. The number of hydrogen-bond donors (Lipinski definition) is 2. The third-order valence-corrected chi connectivity index (χ3v) is 3.10. The second-order valence-electron chi connectivity index (χ2n) is 4.57. The number of aliphatic hydroxyl groups is 1. The molecule has 5 nitrogen and oxygen atoms in total. The Labute approximate surface area is 112 Å². The maximum Gasteiger partial charge on any atom is 0.251 e. The lowest BCUT2D eigenvalue weighted by Gasteiger charge is -2.34. The van der Waals surface area contributed by atoms with E-state index in [0.29, 0.717) is 6.42 Å². The minimum atomic E-state index is -2.46. The van der Waals surface area contributed by atoms with Gasteiger partial charge in [0.1, 0.15) is 0 Å². The molecule has 0 saturated heterocycles. The zero-order valence-electron chi connectivity index (χ0n) is 11.3. The summed E-state index contributed by atoms with van der Waals surface area (Å²) in [6.45, 7) is 1.48. The van der Waals surface area contributed by atoms with Gasteiger partial charge in [0, 0.05) is 31.4 Å². The summed E-state index contributed by atoms with van der Waals surface area (Å²) < 4.78 is 27.0. The molecule has 2 unspecified atom stereocenters. The van der Waals surface area contributed by atoms with Gasteiger partial charge < -0.3 is 10.8 Å². The zero-order valence-corrected chi connectivity index (χ0v) is 11.3. The van der Waals surface area contributed by atoms with Crippen LogP contribution in [0.25, 0.3) is 0 Å². The van der Waals surface area contributed by atoms with Gasteiger partial charge in [-0.05, 0) is 6.42 Å². The number of halogens is 2. The molecule has 1 heterocycles. The van der Waals surface area contributed by atoms with Crippen LogP contribution in [0, 0.1) is 0 Å². The van der Waals surface area contributed by atoms with Crippen LogP contribution in [0.3, 0.4) is 0 Å². The van der Waals surface area contributed by atoms with Crippen LogP contribution in [0.4, 0.5) is 8.78 Å². The van der Waals surface area contributed by atoms with Crippen LogP contribution in [-0.4, -0.2) is 52.0 Å². The molecule has 7 heteroatoms. The topological polar surface area (TPSA) is 67.3 Å². The molecule has 0 aromatic carbocycles. The van der Waals surface area contributed by atoms with Crippen molar-refractivity contribution >= 4 is 0 Å². The molecule has 0 aliphatic rings. The van der Waals surface area contributed by atoms with Crippen molar-refractivity contribution in [1.82, 2.24) is 14.7 Å². The SMILES string of the molecule is CCC(N)C(c1cnn(C)c1)N(CCO)CC(F)F. The maximum atomic E-state index is 12.7. The molecule has 1 rings (SSSR count). The normalized spacial score (nSPS) is 15.2. The molecular formula is C12H22F2N4O. The number of alkyl halides is 2. The first-order valence-electron chi connectivity index (χ1n) is 6.36. The van der Waals surface area contributed by atoms with Gasteiger partial charge in [0.05, 0.1) is 25.4 Å². The van der Waals surface area contributed by atoms with Crippen molar-refractivity contribution in [3.05, 3.63) is 18.0 Å². The van der Waals surface area contributed by atoms with E-state index in [-0.39, 0.29) is 25.2 Å². The highest BCUT2D eigenvalue weighted by Gasteiger charge is 2.28. The van der Waals surface area contributed by atoms with Gasteiger partial charge in [-0.25, -0.2) is 8.78 Å². The van der Waals surface area contributed by atoms with E-state index in [0.717, 1.165) is 5.56 Å². The largest absolute Gasteiger partial charge is 0.395 e. The fourth-order valence-electron chi connectivity index (χ4n) is 2.19. The number of aliphatic hydroxyl groups excluding tert-OH is 1. The molecular weight excluding hydrogens is 254 g/mol. The lowest BCUT2D eigenvalue weighted by molar-refractivity contribution is 0.0466. The summed E-state index contributed by atoms with van der Waals surface area (Å²) in [5.74, 6) is 0. The Morgan fingerprint density at radius 3 is 2.63 bits per heavy atom. The van der Waals surface area contributed by atoms with Crippen molar-refractivity contribution in [2.24, 2.45) is 12.8 Å². The Hall–Kier alpha value is -1.05. The number of rotatable bonds is 8. The zero-order chi connectivity index (χ0) is 14.4. The van der Waals surface area contributed by atoms with Crippen molar-refractivity contribution in [3.63, 3.8) is 0 Å². The fourth-order valence-corrected chi connectivity index (χ4v) is 2.19. The van der Waals surface area contributed by atoms with Gasteiger partial charge in [0.2, 0.25) is 0 Å². The molecule has 0 amide bonds. The van der Waals surface area contributed by atoms with E-state index >= 15 is 0 Å². The maximum absolute atomic E-state index is 12.7. The van der Waals surface area contributed by atoms with E-state index in [1.54, 1.807) is 24.1 Å². The van der Waals surface area contributed by atoms with Gasteiger partial charge in [-0.3, -0.25) is 9.58 Å². The van der Waals surface area contributed by atoms with Gasteiger partial charge in [0.15, 0.2) is 0 Å². The van der Waals surface area contributed by atoms with Crippen LogP contribution < -0.4 is 5.73 Å². The minimum Gasteiger partial charge on any atom is -0.395 e. The van der Waals surface area contributed by atoms with Gasteiger partial charge in [0.25, 0.3) is 6.43 Å². The molecule has 3 N–H and O–H groups in total. The van der Waals surface area contributed by atoms with Crippen LogP contribution in [-0.2, 0) is 7.05 Å². The number of nitrogens with two attached hydrogens (primary N) is 1. The summed E-state index contributed by atoms with van der Waals surface area (Å²) in [7, 11) is 1.77. The second-order valence-corrected chi connectivity index (χ2v) is 4.57. The van der Waals surface area contributed by atoms with Crippen LogP contribution >= 0.6 is 0 Å². The number of nitrogens with zero attached hydrogens (tertiary/aromatic N) is 3. The molecule has 1 aromatic rings. The summed E-state index contributed by atoms with van der Waals surface area (Å²) in [6, 6.07) is -0.644. The van der Waals surface area contributed by atoms with Gasteiger partial charge in [-0.1, -0.05) is 6.92 Å². The minimum absolute atomic E-state index is 0.164. The summed E-state index contributed by atoms with van der Waals surface area (Å²) in [5, 5.41) is 13.1. The highest BCUT2D eigenvalue weighted by atomic mass is 19.3. The summed E-state index contributed by atoms with van der Waals surface area (Å²) in [5.41, 5.74) is 6.86. The molecule has 19 heavy (non-hydrogen) atoms. The number of aryl methyl sites for hydroxylation is 1. The Kier molecular flexibility index (Phi) is 6.33. The second kappa shape index (κ2) is 7.52. The van der Waals surface area contributed by atoms with Crippen molar-refractivity contribution in [3.8, 4) is 0 Å². The highest BCUT2D eigenvalue weighted by molar-refractivity contribution is 5.13. The Morgan fingerprint density at radius 2 is 2.21 bits per heavy atom. The van der Waals surface area contributed by atoms with E-state index < -0.39 is 13.0 Å². The summed E-state index contributed by atoms with van der Waals surface area (Å²) in [4.78, 5) is 1.52. The lowest BCUT2D eigenvalue weighted by Crippen LogP contribution is -2.44. The number of hydrogen-bond acceptors (Lipinski definition) is 4.